The van der Waals surface area contributed by atoms with Crippen LogP contribution in [0.3, 0.4) is 0 Å². The molecule has 4 rings (SSSR count). The molecule has 1 aliphatic heterocycles. The van der Waals surface area contributed by atoms with Crippen molar-refractivity contribution in [1.29, 1.82) is 0 Å². The summed E-state index contributed by atoms with van der Waals surface area (Å²) in [5.41, 5.74) is 2.57. The number of ether oxygens (including phenoxy) is 1. The van der Waals surface area contributed by atoms with Crippen LogP contribution in [0.4, 0.5) is 5.82 Å². The lowest BCUT2D eigenvalue weighted by molar-refractivity contribution is -0.582. The number of furan rings is 1. The molecular formula is C17H20ClN3O2. The lowest BCUT2D eigenvalue weighted by Gasteiger charge is -2.07. The number of quaternary nitrogens is 1. The van der Waals surface area contributed by atoms with E-state index < -0.39 is 0 Å². The third-order valence-electron chi connectivity index (χ3n) is 4.21. The number of para-hydroxylation sites is 1. The number of rotatable bonds is 4. The van der Waals surface area contributed by atoms with Gasteiger partial charge in [-0.1, -0.05) is 19.1 Å². The Balaban J connectivity index is 0.00000156. The van der Waals surface area contributed by atoms with Crippen LogP contribution >= 0.6 is 0 Å². The van der Waals surface area contributed by atoms with Crippen molar-refractivity contribution in [3.63, 3.8) is 0 Å². The fourth-order valence-corrected chi connectivity index (χ4v) is 3.03. The highest BCUT2D eigenvalue weighted by Gasteiger charge is 2.21. The van der Waals surface area contributed by atoms with Crippen LogP contribution in [0.25, 0.3) is 22.1 Å². The fraction of sp³-hybridized carbons (Fsp3) is 0.412. The Bertz CT molecular complexity index is 812. The summed E-state index contributed by atoms with van der Waals surface area (Å²) in [6, 6.07) is 8.03. The van der Waals surface area contributed by atoms with Gasteiger partial charge in [0.1, 0.15) is 29.6 Å². The monoisotopic (exact) mass is 333 g/mol. The van der Waals surface area contributed by atoms with E-state index in [0.29, 0.717) is 6.10 Å². The highest BCUT2D eigenvalue weighted by Crippen LogP contribution is 2.29. The highest BCUT2D eigenvalue weighted by molar-refractivity contribution is 6.04. The molecule has 1 aliphatic rings. The molecule has 2 aromatic heterocycles. The first-order chi connectivity index (χ1) is 10.8. The molecule has 6 heteroatoms. The molecule has 1 unspecified atom stereocenters. The number of benzene rings is 1. The minimum absolute atomic E-state index is 0. The van der Waals surface area contributed by atoms with Gasteiger partial charge in [-0.3, -0.25) is 5.32 Å². The van der Waals surface area contributed by atoms with Crippen LogP contribution in [0, 0.1) is 0 Å². The van der Waals surface area contributed by atoms with Crippen molar-refractivity contribution < 1.29 is 26.9 Å². The fourth-order valence-electron chi connectivity index (χ4n) is 3.03. The van der Waals surface area contributed by atoms with Crippen LogP contribution in [0.5, 0.6) is 0 Å². The van der Waals surface area contributed by atoms with Gasteiger partial charge < -0.3 is 21.6 Å². The Morgan fingerprint density at radius 3 is 2.91 bits per heavy atom. The third-order valence-corrected chi connectivity index (χ3v) is 4.21. The van der Waals surface area contributed by atoms with E-state index in [-0.39, 0.29) is 12.4 Å². The number of hydrogen-bond acceptors (Lipinski definition) is 4. The first kappa shape index (κ1) is 16.2. The Morgan fingerprint density at radius 1 is 1.26 bits per heavy atom. The number of aryl methyl sites for hydroxylation is 1. The summed E-state index contributed by atoms with van der Waals surface area (Å²) in [5.74, 6) is 1.76. The van der Waals surface area contributed by atoms with Gasteiger partial charge in [0.15, 0.2) is 0 Å². The summed E-state index contributed by atoms with van der Waals surface area (Å²) >= 11 is 0. The van der Waals surface area contributed by atoms with E-state index in [1.807, 2.05) is 18.2 Å². The third kappa shape index (κ3) is 3.04. The summed E-state index contributed by atoms with van der Waals surface area (Å²) < 4.78 is 11.7. The van der Waals surface area contributed by atoms with E-state index in [9.17, 15) is 0 Å². The number of fused-ring (bicyclic) bond motifs is 3. The molecule has 1 aromatic carbocycles. The predicted molar refractivity (Wildman–Crippen MR) is 84.1 cm³/mol. The average molecular weight is 334 g/mol. The highest BCUT2D eigenvalue weighted by atomic mass is 35.5. The predicted octanol–water partition coefficient (Wildman–Crippen LogP) is -0.684. The van der Waals surface area contributed by atoms with Crippen molar-refractivity contribution in [2.75, 3.05) is 13.2 Å². The molecule has 0 radical (unpaired) electrons. The molecule has 3 heterocycles. The summed E-state index contributed by atoms with van der Waals surface area (Å²) in [7, 11) is 0. The zero-order chi connectivity index (χ0) is 14.9. The van der Waals surface area contributed by atoms with E-state index in [1.165, 1.54) is 0 Å². The van der Waals surface area contributed by atoms with Crippen LogP contribution in [0.2, 0.25) is 0 Å². The maximum atomic E-state index is 6.00. The standard InChI is InChI=1S/C17H19N3O2.ClH/c1-2-14-19-15-12-7-3-4-8-13(12)22-16(15)17(20-14)18-10-11-6-5-9-21-11;/h3-4,7-8,11H,2,5-6,9-10H2,1H3,(H,18,19,20);1H. The Labute approximate surface area is 140 Å². The second-order valence-corrected chi connectivity index (χ2v) is 5.73. The molecular weight excluding hydrogens is 314 g/mol. The Morgan fingerprint density at radius 2 is 2.13 bits per heavy atom. The van der Waals surface area contributed by atoms with E-state index in [4.69, 9.17) is 9.15 Å². The molecule has 23 heavy (non-hydrogen) atoms. The Kier molecular flexibility index (Phi) is 4.80. The van der Waals surface area contributed by atoms with Crippen molar-refractivity contribution in [3.8, 4) is 0 Å². The van der Waals surface area contributed by atoms with Gasteiger partial charge in [0.2, 0.25) is 5.58 Å². The van der Waals surface area contributed by atoms with Gasteiger partial charge in [0, 0.05) is 18.4 Å². The second kappa shape index (κ2) is 6.83. The van der Waals surface area contributed by atoms with E-state index in [1.54, 1.807) is 0 Å². The molecule has 1 saturated heterocycles. The molecule has 2 N–H and O–H groups in total. The van der Waals surface area contributed by atoms with E-state index >= 15 is 0 Å². The largest absolute Gasteiger partial charge is 1.00 e. The molecule has 122 valence electrons. The number of hydrogen-bond donors (Lipinski definition) is 1. The average Bonchev–Trinajstić information content (AvgIpc) is 3.20. The lowest BCUT2D eigenvalue weighted by atomic mass is 10.2. The number of halogens is 1. The topological polar surface area (TPSA) is 64.8 Å². The SMILES string of the molecule is CCc1nc([NH2+]CC2CCCO2)c2oc3ccccc3c2n1.[Cl-]. The molecule has 0 bridgehead atoms. The lowest BCUT2D eigenvalue weighted by Crippen LogP contribution is -3.00. The number of nitrogens with two attached hydrogens (primary N) is 1. The second-order valence-electron chi connectivity index (χ2n) is 5.73. The van der Waals surface area contributed by atoms with Crippen molar-refractivity contribution in [3.05, 3.63) is 30.1 Å². The summed E-state index contributed by atoms with van der Waals surface area (Å²) in [6.45, 7) is 3.84. The van der Waals surface area contributed by atoms with Crippen LogP contribution < -0.4 is 17.7 Å². The van der Waals surface area contributed by atoms with Gasteiger partial charge in [0.25, 0.3) is 5.82 Å². The minimum Gasteiger partial charge on any atom is -1.00 e. The summed E-state index contributed by atoms with van der Waals surface area (Å²) in [4.78, 5) is 9.33. The summed E-state index contributed by atoms with van der Waals surface area (Å²) in [5, 5.41) is 3.20. The van der Waals surface area contributed by atoms with E-state index in [2.05, 4.69) is 28.3 Å². The van der Waals surface area contributed by atoms with Crippen LogP contribution in [-0.2, 0) is 11.2 Å². The van der Waals surface area contributed by atoms with Crippen molar-refractivity contribution >= 4 is 27.9 Å². The summed E-state index contributed by atoms with van der Waals surface area (Å²) in [6.07, 6.45) is 3.42. The molecule has 3 aromatic rings. The number of aromatic nitrogens is 2. The van der Waals surface area contributed by atoms with Crippen molar-refractivity contribution in [1.82, 2.24) is 9.97 Å². The van der Waals surface area contributed by atoms with Gasteiger partial charge >= 0.3 is 0 Å². The van der Waals surface area contributed by atoms with Gasteiger partial charge in [0.05, 0.1) is 0 Å². The van der Waals surface area contributed by atoms with Crippen molar-refractivity contribution in [2.24, 2.45) is 0 Å². The molecule has 0 spiro atoms. The normalized spacial score (nSPS) is 17.7. The van der Waals surface area contributed by atoms with Gasteiger partial charge in [-0.25, -0.2) is 4.98 Å². The van der Waals surface area contributed by atoms with Gasteiger partial charge in [-0.05, 0) is 25.0 Å². The van der Waals surface area contributed by atoms with Crippen molar-refractivity contribution in [2.45, 2.75) is 32.3 Å². The molecule has 1 fully saturated rings. The smallest absolute Gasteiger partial charge is 0.272 e. The van der Waals surface area contributed by atoms with Gasteiger partial charge in [-0.2, -0.15) is 4.98 Å². The van der Waals surface area contributed by atoms with E-state index in [0.717, 1.165) is 66.1 Å². The molecule has 0 saturated carbocycles. The van der Waals surface area contributed by atoms with Crippen LogP contribution in [0.15, 0.2) is 28.7 Å². The Hall–Kier alpha value is -1.69. The molecule has 1 atom stereocenters. The van der Waals surface area contributed by atoms with Crippen LogP contribution in [-0.4, -0.2) is 29.2 Å². The zero-order valence-corrected chi connectivity index (χ0v) is 13.8. The quantitative estimate of drug-likeness (QED) is 0.687. The van der Waals surface area contributed by atoms with Crippen LogP contribution in [0.1, 0.15) is 25.6 Å². The molecule has 0 amide bonds. The van der Waals surface area contributed by atoms with Gasteiger partial charge in [-0.15, -0.1) is 0 Å². The zero-order valence-electron chi connectivity index (χ0n) is 13.1. The maximum Gasteiger partial charge on any atom is 0.272 e. The maximum absolute atomic E-state index is 6.00. The molecule has 0 aliphatic carbocycles. The molecule has 5 nitrogen and oxygen atoms in total. The minimum atomic E-state index is 0. The first-order valence-electron chi connectivity index (χ1n) is 7.98. The first-order valence-corrected chi connectivity index (χ1v) is 7.98. The number of nitrogens with zero attached hydrogens (tertiary/aromatic N) is 2.